The number of rotatable bonds is 4. The maximum absolute atomic E-state index is 14.7. The first kappa shape index (κ1) is 24.4. The van der Waals surface area contributed by atoms with E-state index in [1.807, 2.05) is 0 Å². The van der Waals surface area contributed by atoms with Gasteiger partial charge >= 0.3 is 13.9 Å². The highest BCUT2D eigenvalue weighted by atomic mass is 31.2. The monoisotopic (exact) mass is 482 g/mol. The van der Waals surface area contributed by atoms with Crippen molar-refractivity contribution in [3.8, 4) is 22.6 Å². The summed E-state index contributed by atoms with van der Waals surface area (Å²) in [4.78, 5) is 40.4. The molecule has 4 rings (SSSR count). The molecule has 3 heterocycles. The number of hydrogen-bond donors (Lipinski definition) is 4. The Kier molecular flexibility index (Phi) is 7.15. The molecule has 15 heteroatoms. The van der Waals surface area contributed by atoms with Crippen molar-refractivity contribution in [2.45, 2.75) is 19.1 Å². The van der Waals surface area contributed by atoms with Crippen molar-refractivity contribution < 1.29 is 38.3 Å². The van der Waals surface area contributed by atoms with Gasteiger partial charge in [0, 0.05) is 17.3 Å². The van der Waals surface area contributed by atoms with E-state index >= 15 is 0 Å². The van der Waals surface area contributed by atoms with E-state index in [1.54, 1.807) is 38.2 Å². The SMILES string of the molecule is CC(O)C1CN(c2ccc(-c3ccc(-c4nnn(C)n4)nc3)c(F)c2)C(=O)O1.O=P(O)(O)O. The van der Waals surface area contributed by atoms with Gasteiger partial charge in [-0.3, -0.25) is 9.88 Å². The lowest BCUT2D eigenvalue weighted by molar-refractivity contribution is 0.0437. The zero-order valence-electron chi connectivity index (χ0n) is 17.3. The number of aryl methyl sites for hydroxylation is 1. The molecule has 176 valence electrons. The maximum atomic E-state index is 14.7. The van der Waals surface area contributed by atoms with Crippen molar-refractivity contribution in [2.75, 3.05) is 11.4 Å². The molecular weight excluding hydrogens is 462 g/mol. The molecule has 0 spiro atoms. The summed E-state index contributed by atoms with van der Waals surface area (Å²) in [5.74, 6) is -0.122. The number of hydrogen-bond acceptors (Lipinski definition) is 8. The van der Waals surface area contributed by atoms with Crippen LogP contribution in [0.1, 0.15) is 6.92 Å². The Balaban J connectivity index is 0.000000555. The fourth-order valence-electron chi connectivity index (χ4n) is 2.92. The zero-order valence-corrected chi connectivity index (χ0v) is 18.2. The van der Waals surface area contributed by atoms with Crippen LogP contribution in [0.15, 0.2) is 36.5 Å². The second kappa shape index (κ2) is 9.68. The molecule has 2 atom stereocenters. The Bertz CT molecular complexity index is 1180. The molecule has 1 aliphatic heterocycles. The quantitative estimate of drug-likeness (QED) is 0.387. The summed E-state index contributed by atoms with van der Waals surface area (Å²) in [6.45, 7) is 1.70. The number of aliphatic hydroxyl groups is 1. The Morgan fingerprint density at radius 1 is 1.24 bits per heavy atom. The number of ether oxygens (including phenoxy) is 1. The van der Waals surface area contributed by atoms with Crippen molar-refractivity contribution in [3.63, 3.8) is 0 Å². The van der Waals surface area contributed by atoms with Crippen LogP contribution in [0.25, 0.3) is 22.6 Å². The number of nitrogens with zero attached hydrogens (tertiary/aromatic N) is 6. The standard InChI is InChI=1S/C18H17FN6O3.H3O4P/c1-10(26)16-9-25(18(27)28-16)12-4-5-13(14(19)7-12)11-3-6-15(20-8-11)17-21-23-24(2)22-17;1-5(2,3)4/h3-8,10,16,26H,9H2,1-2H3;(H3,1,2,3,4). The van der Waals surface area contributed by atoms with E-state index in [2.05, 4.69) is 20.4 Å². The van der Waals surface area contributed by atoms with E-state index in [9.17, 15) is 14.3 Å². The molecule has 2 aromatic heterocycles. The van der Waals surface area contributed by atoms with Crippen LogP contribution in [0.2, 0.25) is 0 Å². The average molecular weight is 482 g/mol. The predicted molar refractivity (Wildman–Crippen MR) is 111 cm³/mol. The summed E-state index contributed by atoms with van der Waals surface area (Å²) in [6.07, 6.45) is -0.522. The van der Waals surface area contributed by atoms with Crippen LogP contribution in [0.4, 0.5) is 14.9 Å². The van der Waals surface area contributed by atoms with Crippen LogP contribution in [0.3, 0.4) is 0 Å². The lowest BCUT2D eigenvalue weighted by Gasteiger charge is -2.15. The van der Waals surface area contributed by atoms with Crippen LogP contribution in [-0.4, -0.2) is 69.8 Å². The number of pyridine rings is 1. The van der Waals surface area contributed by atoms with Gasteiger partial charge in [-0.2, -0.15) is 4.80 Å². The number of tetrazole rings is 1. The number of cyclic esters (lactones) is 1. The third kappa shape index (κ3) is 6.37. The first-order chi connectivity index (χ1) is 15.4. The molecule has 2 unspecified atom stereocenters. The molecule has 1 saturated heterocycles. The normalized spacial score (nSPS) is 16.8. The molecule has 0 aliphatic carbocycles. The second-order valence-electron chi connectivity index (χ2n) is 6.99. The molecule has 4 N–H and O–H groups in total. The molecule has 1 fully saturated rings. The van der Waals surface area contributed by atoms with Gasteiger partial charge in [-0.05, 0) is 36.4 Å². The summed E-state index contributed by atoms with van der Waals surface area (Å²) in [7, 11) is -2.98. The third-order valence-electron chi connectivity index (χ3n) is 4.45. The first-order valence-corrected chi connectivity index (χ1v) is 10.9. The smallest absolute Gasteiger partial charge is 0.441 e. The Morgan fingerprint density at radius 3 is 2.42 bits per heavy atom. The minimum absolute atomic E-state index is 0.163. The molecule has 1 aliphatic rings. The van der Waals surface area contributed by atoms with Crippen molar-refractivity contribution >= 4 is 19.6 Å². The van der Waals surface area contributed by atoms with Gasteiger partial charge in [-0.1, -0.05) is 6.07 Å². The van der Waals surface area contributed by atoms with Gasteiger partial charge in [0.15, 0.2) is 0 Å². The summed E-state index contributed by atoms with van der Waals surface area (Å²) in [5.41, 5.74) is 1.80. The van der Waals surface area contributed by atoms with Gasteiger partial charge in [0.05, 0.1) is 25.4 Å². The van der Waals surface area contributed by atoms with Gasteiger partial charge in [0.25, 0.3) is 0 Å². The van der Waals surface area contributed by atoms with E-state index in [1.165, 1.54) is 22.0 Å². The van der Waals surface area contributed by atoms with Gasteiger partial charge in [0.2, 0.25) is 5.82 Å². The topological polar surface area (TPSA) is 184 Å². The van der Waals surface area contributed by atoms with Gasteiger partial charge in [-0.25, -0.2) is 13.8 Å². The summed E-state index contributed by atoms with van der Waals surface area (Å²) in [5, 5.41) is 21.3. The number of benzene rings is 1. The minimum atomic E-state index is -4.64. The predicted octanol–water partition coefficient (Wildman–Crippen LogP) is 0.856. The van der Waals surface area contributed by atoms with Gasteiger partial charge in [-0.15, -0.1) is 10.2 Å². The number of amides is 1. The zero-order chi connectivity index (χ0) is 24.3. The van der Waals surface area contributed by atoms with Gasteiger partial charge in [0.1, 0.15) is 17.6 Å². The summed E-state index contributed by atoms with van der Waals surface area (Å²) >= 11 is 0. The molecule has 13 nitrogen and oxygen atoms in total. The number of carbonyl (C=O) groups excluding carboxylic acids is 1. The Labute approximate surface area is 186 Å². The van der Waals surface area contributed by atoms with Crippen LogP contribution in [0, 0.1) is 5.82 Å². The molecule has 33 heavy (non-hydrogen) atoms. The number of carbonyl (C=O) groups is 1. The van der Waals surface area contributed by atoms with Crippen LogP contribution in [-0.2, 0) is 16.3 Å². The van der Waals surface area contributed by atoms with E-state index in [-0.39, 0.29) is 6.54 Å². The molecule has 0 bridgehead atoms. The fourth-order valence-corrected chi connectivity index (χ4v) is 2.92. The Morgan fingerprint density at radius 2 is 1.94 bits per heavy atom. The number of phosphoric acid groups is 1. The van der Waals surface area contributed by atoms with Crippen molar-refractivity contribution in [2.24, 2.45) is 7.05 Å². The number of halogens is 1. The highest BCUT2D eigenvalue weighted by Crippen LogP contribution is 2.30. The highest BCUT2D eigenvalue weighted by molar-refractivity contribution is 7.45. The van der Waals surface area contributed by atoms with Crippen molar-refractivity contribution in [1.82, 2.24) is 25.2 Å². The van der Waals surface area contributed by atoms with Crippen LogP contribution < -0.4 is 4.90 Å². The molecule has 0 saturated carbocycles. The van der Waals surface area contributed by atoms with Crippen LogP contribution >= 0.6 is 7.82 Å². The van der Waals surface area contributed by atoms with E-state index < -0.39 is 31.9 Å². The maximum Gasteiger partial charge on any atom is 0.466 e. The number of anilines is 1. The summed E-state index contributed by atoms with van der Waals surface area (Å²) in [6, 6.07) is 7.86. The first-order valence-electron chi connectivity index (χ1n) is 9.37. The number of aliphatic hydroxyl groups excluding tert-OH is 1. The third-order valence-corrected chi connectivity index (χ3v) is 4.45. The molecule has 3 aromatic rings. The van der Waals surface area contributed by atoms with E-state index in [4.69, 9.17) is 24.0 Å². The molecule has 0 radical (unpaired) electrons. The fraction of sp³-hybridized carbons (Fsp3) is 0.278. The van der Waals surface area contributed by atoms with E-state index in [0.717, 1.165) is 0 Å². The molecule has 1 aromatic carbocycles. The highest BCUT2D eigenvalue weighted by Gasteiger charge is 2.35. The Hall–Kier alpha value is -3.29. The van der Waals surface area contributed by atoms with E-state index in [0.29, 0.717) is 28.3 Å². The lowest BCUT2D eigenvalue weighted by atomic mass is 10.1. The van der Waals surface area contributed by atoms with Crippen LogP contribution in [0.5, 0.6) is 0 Å². The largest absolute Gasteiger partial charge is 0.466 e. The van der Waals surface area contributed by atoms with Gasteiger partial charge < -0.3 is 24.5 Å². The van der Waals surface area contributed by atoms with Crippen molar-refractivity contribution in [3.05, 3.63) is 42.3 Å². The second-order valence-corrected chi connectivity index (χ2v) is 8.01. The van der Waals surface area contributed by atoms with Crippen molar-refractivity contribution in [1.29, 1.82) is 0 Å². The minimum Gasteiger partial charge on any atom is -0.441 e. The average Bonchev–Trinajstić information content (AvgIpc) is 3.33. The lowest BCUT2D eigenvalue weighted by Crippen LogP contribution is -2.29. The number of aromatic nitrogens is 5. The summed E-state index contributed by atoms with van der Waals surface area (Å²) < 4.78 is 28.7. The molecular formula is C18H20FN6O7P. The molecule has 1 amide bonds.